The number of amides is 1. The highest BCUT2D eigenvalue weighted by Gasteiger charge is 2.42. The zero-order valence-electron chi connectivity index (χ0n) is 19.2. The van der Waals surface area contributed by atoms with E-state index in [9.17, 15) is 31.5 Å². The van der Waals surface area contributed by atoms with Gasteiger partial charge in [0.15, 0.2) is 11.6 Å². The largest absolute Gasteiger partial charge is 0.491 e. The highest BCUT2D eigenvalue weighted by molar-refractivity contribution is 5.98. The second-order valence-corrected chi connectivity index (χ2v) is 8.36. The van der Waals surface area contributed by atoms with Gasteiger partial charge in [0.05, 0.1) is 5.56 Å². The van der Waals surface area contributed by atoms with Crippen molar-refractivity contribution in [2.75, 3.05) is 24.3 Å². The minimum atomic E-state index is -5.45. The standard InChI is InChI=1S/C22H24F5N5O3/c1-11-18(28-10-29-19(11)32(2)3)30-12-4-6-13(7-5-12)31-20(33)14-8-9-15(23)16(24)17(14)35-21(34)22(25,26)27/h8-10,12-13H,4-7H2,1-3H3,(H,31,33)(H,28,29,30). The molecule has 0 saturated heterocycles. The summed E-state index contributed by atoms with van der Waals surface area (Å²) in [5.74, 6) is -7.11. The zero-order chi connectivity index (χ0) is 25.9. The Bertz CT molecular complexity index is 1100. The number of carbonyl (C=O) groups is 2. The van der Waals surface area contributed by atoms with Crippen molar-refractivity contribution in [1.29, 1.82) is 0 Å². The monoisotopic (exact) mass is 501 g/mol. The lowest BCUT2D eigenvalue weighted by molar-refractivity contribution is -0.189. The molecule has 0 radical (unpaired) electrons. The van der Waals surface area contributed by atoms with E-state index in [0.717, 1.165) is 17.4 Å². The lowest BCUT2D eigenvalue weighted by atomic mass is 9.91. The third-order valence-electron chi connectivity index (χ3n) is 5.61. The molecule has 1 saturated carbocycles. The van der Waals surface area contributed by atoms with Gasteiger partial charge < -0.3 is 20.3 Å². The summed E-state index contributed by atoms with van der Waals surface area (Å²) < 4.78 is 69.3. The van der Waals surface area contributed by atoms with Gasteiger partial charge in [0.25, 0.3) is 5.91 Å². The predicted molar refractivity (Wildman–Crippen MR) is 116 cm³/mol. The van der Waals surface area contributed by atoms with E-state index in [1.807, 2.05) is 25.9 Å². The number of hydrogen-bond donors (Lipinski definition) is 2. The van der Waals surface area contributed by atoms with Crippen LogP contribution in [0.5, 0.6) is 5.75 Å². The summed E-state index contributed by atoms with van der Waals surface area (Å²) >= 11 is 0. The lowest BCUT2D eigenvalue weighted by Gasteiger charge is -2.30. The fourth-order valence-electron chi connectivity index (χ4n) is 3.84. The van der Waals surface area contributed by atoms with Crippen LogP contribution < -0.4 is 20.3 Å². The summed E-state index contributed by atoms with van der Waals surface area (Å²) in [7, 11) is 3.74. The van der Waals surface area contributed by atoms with Crippen LogP contribution in [0.2, 0.25) is 0 Å². The molecular formula is C22H24F5N5O3. The van der Waals surface area contributed by atoms with E-state index < -0.39 is 41.0 Å². The summed E-state index contributed by atoms with van der Waals surface area (Å²) in [6, 6.07) is 1.02. The zero-order valence-corrected chi connectivity index (χ0v) is 19.2. The fourth-order valence-corrected chi connectivity index (χ4v) is 3.84. The van der Waals surface area contributed by atoms with Crippen LogP contribution >= 0.6 is 0 Å². The normalized spacial score (nSPS) is 18.1. The molecule has 13 heteroatoms. The van der Waals surface area contributed by atoms with E-state index in [4.69, 9.17) is 0 Å². The number of nitrogens with zero attached hydrogens (tertiary/aromatic N) is 3. The van der Waals surface area contributed by atoms with Crippen molar-refractivity contribution < 1.29 is 36.3 Å². The van der Waals surface area contributed by atoms with Crippen LogP contribution in [0.15, 0.2) is 18.5 Å². The molecule has 0 unspecified atom stereocenters. The van der Waals surface area contributed by atoms with Gasteiger partial charge >= 0.3 is 12.1 Å². The van der Waals surface area contributed by atoms with Gasteiger partial charge in [0.1, 0.15) is 18.0 Å². The first-order valence-corrected chi connectivity index (χ1v) is 10.7. The number of nitrogens with one attached hydrogen (secondary N) is 2. The molecule has 1 aromatic carbocycles. The number of hydrogen-bond acceptors (Lipinski definition) is 7. The molecule has 0 bridgehead atoms. The number of halogens is 5. The topological polar surface area (TPSA) is 96.5 Å². The third-order valence-corrected chi connectivity index (χ3v) is 5.61. The van der Waals surface area contributed by atoms with Gasteiger partial charge in [0, 0.05) is 31.7 Å². The Kier molecular flexibility index (Phi) is 7.76. The van der Waals surface area contributed by atoms with Crippen LogP contribution in [0.3, 0.4) is 0 Å². The Labute approximate surface area is 197 Å². The molecule has 8 nitrogen and oxygen atoms in total. The molecule has 190 valence electrons. The van der Waals surface area contributed by atoms with Gasteiger partial charge in [-0.2, -0.15) is 17.6 Å². The van der Waals surface area contributed by atoms with E-state index in [-0.39, 0.29) is 12.1 Å². The van der Waals surface area contributed by atoms with E-state index >= 15 is 0 Å². The van der Waals surface area contributed by atoms with Crippen LogP contribution in [-0.2, 0) is 4.79 Å². The molecule has 1 amide bonds. The highest BCUT2D eigenvalue weighted by Crippen LogP contribution is 2.30. The molecule has 2 N–H and O–H groups in total. The number of aromatic nitrogens is 2. The van der Waals surface area contributed by atoms with Gasteiger partial charge in [-0.3, -0.25) is 4.79 Å². The Morgan fingerprint density at radius 2 is 1.69 bits per heavy atom. The number of anilines is 2. The second-order valence-electron chi connectivity index (χ2n) is 8.36. The number of rotatable bonds is 6. The molecule has 1 aromatic heterocycles. The average Bonchev–Trinajstić information content (AvgIpc) is 2.78. The molecule has 0 atom stereocenters. The van der Waals surface area contributed by atoms with E-state index in [1.54, 1.807) is 0 Å². The molecule has 35 heavy (non-hydrogen) atoms. The summed E-state index contributed by atoms with van der Waals surface area (Å²) in [6.45, 7) is 1.90. The van der Waals surface area contributed by atoms with E-state index in [1.165, 1.54) is 6.33 Å². The maximum absolute atomic E-state index is 14.1. The van der Waals surface area contributed by atoms with E-state index in [2.05, 4.69) is 25.3 Å². The molecule has 2 aromatic rings. The highest BCUT2D eigenvalue weighted by atomic mass is 19.4. The van der Waals surface area contributed by atoms with Gasteiger partial charge in [-0.05, 0) is 44.7 Å². The van der Waals surface area contributed by atoms with Crippen molar-refractivity contribution in [2.24, 2.45) is 0 Å². The number of alkyl halides is 3. The predicted octanol–water partition coefficient (Wildman–Crippen LogP) is 3.75. The van der Waals surface area contributed by atoms with Gasteiger partial charge in [-0.1, -0.05) is 0 Å². The molecular weight excluding hydrogens is 477 g/mol. The molecule has 1 fully saturated rings. The molecule has 1 aliphatic rings. The van der Waals surface area contributed by atoms with Crippen molar-refractivity contribution in [1.82, 2.24) is 15.3 Å². The van der Waals surface area contributed by atoms with Crippen LogP contribution in [0, 0.1) is 18.6 Å². The van der Waals surface area contributed by atoms with Crippen LogP contribution in [-0.4, -0.2) is 54.2 Å². The van der Waals surface area contributed by atoms with E-state index in [0.29, 0.717) is 37.6 Å². The maximum Gasteiger partial charge on any atom is 0.491 e. The Morgan fingerprint density at radius 3 is 2.29 bits per heavy atom. The van der Waals surface area contributed by atoms with Gasteiger partial charge in [-0.25, -0.2) is 19.2 Å². The van der Waals surface area contributed by atoms with Gasteiger partial charge in [-0.15, -0.1) is 0 Å². The summed E-state index contributed by atoms with van der Waals surface area (Å²) in [4.78, 5) is 34.2. The minimum absolute atomic E-state index is 0.0540. The van der Waals surface area contributed by atoms with Crippen molar-refractivity contribution in [2.45, 2.75) is 50.9 Å². The SMILES string of the molecule is Cc1c(NC2CCC(NC(=O)c3ccc(F)c(F)c3OC(=O)C(F)(F)F)CC2)ncnc1N(C)C. The fraction of sp³-hybridized carbons (Fsp3) is 0.455. The first kappa shape index (κ1) is 26.1. The van der Waals surface area contributed by atoms with Gasteiger partial charge in [0.2, 0.25) is 5.82 Å². The molecule has 1 heterocycles. The Morgan fingerprint density at radius 1 is 1.06 bits per heavy atom. The first-order chi connectivity index (χ1) is 16.4. The molecule has 3 rings (SSSR count). The number of carbonyl (C=O) groups excluding carboxylic acids is 2. The Balaban J connectivity index is 1.64. The summed E-state index contributed by atoms with van der Waals surface area (Å²) in [5, 5.41) is 5.96. The second kappa shape index (κ2) is 10.4. The average molecular weight is 501 g/mol. The first-order valence-electron chi connectivity index (χ1n) is 10.7. The lowest BCUT2D eigenvalue weighted by Crippen LogP contribution is -2.40. The smallest absolute Gasteiger partial charge is 0.416 e. The minimum Gasteiger partial charge on any atom is -0.416 e. The third kappa shape index (κ3) is 6.14. The van der Waals surface area contributed by atoms with Crippen molar-refractivity contribution in [3.63, 3.8) is 0 Å². The van der Waals surface area contributed by atoms with Crippen LogP contribution in [0.25, 0.3) is 0 Å². The Hall–Kier alpha value is -3.51. The number of esters is 1. The molecule has 0 aliphatic heterocycles. The van der Waals surface area contributed by atoms with Crippen molar-refractivity contribution in [3.05, 3.63) is 41.2 Å². The molecule has 0 spiro atoms. The van der Waals surface area contributed by atoms with Crippen LogP contribution in [0.1, 0.15) is 41.6 Å². The summed E-state index contributed by atoms with van der Waals surface area (Å²) in [5.41, 5.74) is 0.168. The summed E-state index contributed by atoms with van der Waals surface area (Å²) in [6.07, 6.45) is -1.70. The number of ether oxygens (including phenoxy) is 1. The van der Waals surface area contributed by atoms with Crippen molar-refractivity contribution in [3.8, 4) is 5.75 Å². The maximum atomic E-state index is 14.1. The number of benzene rings is 1. The molecule has 1 aliphatic carbocycles. The quantitative estimate of drug-likeness (QED) is 0.354. The van der Waals surface area contributed by atoms with Crippen molar-refractivity contribution >= 4 is 23.5 Å². The van der Waals surface area contributed by atoms with Crippen LogP contribution in [0.4, 0.5) is 33.6 Å².